The largest absolute Gasteiger partial charge is 0.393 e. The Bertz CT molecular complexity index is 653. The van der Waals surface area contributed by atoms with Gasteiger partial charge < -0.3 is 10.4 Å². The molecule has 4 heteroatoms. The lowest BCUT2D eigenvalue weighted by molar-refractivity contribution is -0.0761. The second-order valence-corrected chi connectivity index (χ2v) is 13.6. The molecule has 3 N–H and O–H groups in total. The van der Waals surface area contributed by atoms with E-state index >= 15 is 0 Å². The molecule has 2 saturated carbocycles. The number of hydrogen-bond acceptors (Lipinski definition) is 4. The van der Waals surface area contributed by atoms with Crippen LogP contribution in [0.2, 0.25) is 0 Å². The molecule has 0 aromatic heterocycles. The molecule has 0 aromatic carbocycles. The van der Waals surface area contributed by atoms with Gasteiger partial charge in [0.05, 0.1) is 6.10 Å². The molecular weight excluding hydrogens is 418 g/mol. The molecule has 0 aromatic rings. The molecule has 1 heterocycles. The fraction of sp³-hybridized carbons (Fsp3) is 0.933. The SMILES string of the molecule is C/C=C\C1C(NC)CC(C)CC(O)C(C)(C)C1CN1NCC(C)CCC1C1(C)CCC(C)CC1. The molecule has 7 atom stereocenters. The number of nitrogens with one attached hydrogen (secondary N) is 2. The number of aliphatic hydroxyl groups excluding tert-OH is 1. The maximum absolute atomic E-state index is 11.5. The van der Waals surface area contributed by atoms with Crippen LogP contribution in [0.25, 0.3) is 0 Å². The van der Waals surface area contributed by atoms with Crippen LogP contribution in [0, 0.1) is 40.4 Å². The third-order valence-electron chi connectivity index (χ3n) is 10.4. The van der Waals surface area contributed by atoms with Gasteiger partial charge in [-0.15, -0.1) is 0 Å². The summed E-state index contributed by atoms with van der Waals surface area (Å²) in [6, 6.07) is 1.01. The minimum absolute atomic E-state index is 0.153. The minimum Gasteiger partial charge on any atom is -0.393 e. The summed E-state index contributed by atoms with van der Waals surface area (Å²) >= 11 is 0. The Morgan fingerprint density at radius 3 is 2.26 bits per heavy atom. The number of nitrogens with zero attached hydrogens (tertiary/aromatic N) is 1. The van der Waals surface area contributed by atoms with Crippen molar-refractivity contribution >= 4 is 0 Å². The molecular formula is C30H57N3O. The van der Waals surface area contributed by atoms with E-state index in [0.717, 1.165) is 31.8 Å². The highest BCUT2D eigenvalue weighted by Crippen LogP contribution is 2.48. The van der Waals surface area contributed by atoms with Crippen molar-refractivity contribution in [3.8, 4) is 0 Å². The summed E-state index contributed by atoms with van der Waals surface area (Å²) in [6.45, 7) is 18.6. The molecule has 198 valence electrons. The Hall–Kier alpha value is -0.420. The van der Waals surface area contributed by atoms with Gasteiger partial charge in [-0.2, -0.15) is 0 Å². The normalized spacial score (nSPS) is 45.0. The van der Waals surface area contributed by atoms with Crippen molar-refractivity contribution in [3.63, 3.8) is 0 Å². The summed E-state index contributed by atoms with van der Waals surface area (Å²) < 4.78 is 0. The zero-order chi connectivity index (χ0) is 25.1. The molecule has 1 saturated heterocycles. The highest BCUT2D eigenvalue weighted by molar-refractivity contribution is 5.05. The second-order valence-electron chi connectivity index (χ2n) is 13.6. The second kappa shape index (κ2) is 11.8. The summed E-state index contributed by atoms with van der Waals surface area (Å²) in [6.07, 6.45) is 14.5. The van der Waals surface area contributed by atoms with Gasteiger partial charge in [-0.3, -0.25) is 5.43 Å². The Morgan fingerprint density at radius 1 is 0.971 bits per heavy atom. The molecule has 3 fully saturated rings. The number of hydrazine groups is 1. The van der Waals surface area contributed by atoms with Crippen molar-refractivity contribution in [3.05, 3.63) is 12.2 Å². The molecule has 3 rings (SSSR count). The van der Waals surface area contributed by atoms with Crippen LogP contribution in [0.15, 0.2) is 12.2 Å². The van der Waals surface area contributed by atoms with Crippen LogP contribution < -0.4 is 10.7 Å². The topological polar surface area (TPSA) is 47.5 Å². The molecule has 3 aliphatic rings. The lowest BCUT2D eigenvalue weighted by Crippen LogP contribution is -2.59. The van der Waals surface area contributed by atoms with Gasteiger partial charge in [-0.1, -0.05) is 66.5 Å². The van der Waals surface area contributed by atoms with Crippen LogP contribution >= 0.6 is 0 Å². The lowest BCUT2D eigenvalue weighted by atomic mass is 9.61. The fourth-order valence-corrected chi connectivity index (χ4v) is 7.52. The predicted molar refractivity (Wildman–Crippen MR) is 145 cm³/mol. The van der Waals surface area contributed by atoms with Gasteiger partial charge in [0.25, 0.3) is 0 Å². The van der Waals surface area contributed by atoms with E-state index in [9.17, 15) is 5.11 Å². The van der Waals surface area contributed by atoms with Crippen LogP contribution in [-0.2, 0) is 0 Å². The zero-order valence-electron chi connectivity index (χ0n) is 23.7. The van der Waals surface area contributed by atoms with Gasteiger partial charge in [0, 0.05) is 25.2 Å². The quantitative estimate of drug-likeness (QED) is 0.425. The molecule has 2 aliphatic carbocycles. The van der Waals surface area contributed by atoms with Crippen molar-refractivity contribution in [2.45, 2.75) is 118 Å². The summed E-state index contributed by atoms with van der Waals surface area (Å²) in [7, 11) is 2.13. The van der Waals surface area contributed by atoms with Crippen molar-refractivity contribution in [2.24, 2.45) is 40.4 Å². The minimum atomic E-state index is -0.270. The van der Waals surface area contributed by atoms with E-state index in [4.69, 9.17) is 0 Å². The summed E-state index contributed by atoms with van der Waals surface area (Å²) in [5.41, 5.74) is 4.19. The molecule has 0 spiro atoms. The average molecular weight is 476 g/mol. The number of allylic oxidation sites excluding steroid dienone is 1. The van der Waals surface area contributed by atoms with Crippen LogP contribution in [0.5, 0.6) is 0 Å². The van der Waals surface area contributed by atoms with Gasteiger partial charge in [0.2, 0.25) is 0 Å². The molecule has 0 radical (unpaired) electrons. The Labute approximate surface area is 211 Å². The van der Waals surface area contributed by atoms with Crippen molar-refractivity contribution in [2.75, 3.05) is 20.1 Å². The molecule has 34 heavy (non-hydrogen) atoms. The van der Waals surface area contributed by atoms with Crippen LogP contribution in [-0.4, -0.2) is 48.4 Å². The van der Waals surface area contributed by atoms with E-state index in [-0.39, 0.29) is 11.5 Å². The number of aliphatic hydroxyl groups is 1. The van der Waals surface area contributed by atoms with Gasteiger partial charge >= 0.3 is 0 Å². The van der Waals surface area contributed by atoms with Gasteiger partial charge in [-0.25, -0.2) is 5.01 Å². The van der Waals surface area contributed by atoms with Gasteiger partial charge in [0.15, 0.2) is 0 Å². The predicted octanol–water partition coefficient (Wildman–Crippen LogP) is 6.02. The van der Waals surface area contributed by atoms with E-state index in [1.54, 1.807) is 0 Å². The van der Waals surface area contributed by atoms with E-state index in [0.29, 0.717) is 41.2 Å². The first-order chi connectivity index (χ1) is 16.0. The summed E-state index contributed by atoms with van der Waals surface area (Å²) in [5, 5.41) is 17.8. The molecule has 7 unspecified atom stereocenters. The first-order valence-corrected chi connectivity index (χ1v) is 14.5. The monoisotopic (exact) mass is 475 g/mol. The maximum atomic E-state index is 11.5. The highest BCUT2D eigenvalue weighted by Gasteiger charge is 2.48. The molecule has 0 bridgehead atoms. The average Bonchev–Trinajstić information content (AvgIpc) is 2.97. The standard InChI is InChI=1S/C30H57N3O/c1-9-10-24-25(29(5,6)28(34)18-23(4)17-26(24)31-8)20-33-27(12-11-22(3)19-32-33)30(7)15-13-21(2)14-16-30/h9-10,21-28,31-32,34H,11-20H2,1-8H3/b10-9-. The Morgan fingerprint density at radius 2 is 1.65 bits per heavy atom. The van der Waals surface area contributed by atoms with Gasteiger partial charge in [0.1, 0.15) is 0 Å². The van der Waals surface area contributed by atoms with E-state index in [2.05, 4.69) is 83.4 Å². The first-order valence-electron chi connectivity index (χ1n) is 14.5. The van der Waals surface area contributed by atoms with Crippen LogP contribution in [0.3, 0.4) is 0 Å². The van der Waals surface area contributed by atoms with Crippen molar-refractivity contribution in [1.82, 2.24) is 15.8 Å². The van der Waals surface area contributed by atoms with E-state index in [1.807, 2.05) is 0 Å². The number of rotatable bonds is 5. The molecule has 0 amide bonds. The van der Waals surface area contributed by atoms with Crippen LogP contribution in [0.1, 0.15) is 99.8 Å². The maximum Gasteiger partial charge on any atom is 0.0597 e. The summed E-state index contributed by atoms with van der Waals surface area (Å²) in [5.74, 6) is 2.89. The smallest absolute Gasteiger partial charge is 0.0597 e. The highest BCUT2D eigenvalue weighted by atomic mass is 16.3. The van der Waals surface area contributed by atoms with E-state index < -0.39 is 0 Å². The Kier molecular flexibility index (Phi) is 9.73. The van der Waals surface area contributed by atoms with Crippen molar-refractivity contribution < 1.29 is 5.11 Å². The molecule has 4 nitrogen and oxygen atoms in total. The first kappa shape index (κ1) is 28.2. The zero-order valence-corrected chi connectivity index (χ0v) is 23.7. The number of hydrogen-bond donors (Lipinski definition) is 3. The third kappa shape index (κ3) is 6.28. The molecule has 1 aliphatic heterocycles. The third-order valence-corrected chi connectivity index (χ3v) is 10.4. The Balaban J connectivity index is 1.96. The van der Waals surface area contributed by atoms with Gasteiger partial charge in [-0.05, 0) is 92.9 Å². The van der Waals surface area contributed by atoms with E-state index in [1.165, 1.54) is 38.5 Å². The fourth-order valence-electron chi connectivity index (χ4n) is 7.52. The lowest BCUT2D eigenvalue weighted by Gasteiger charge is -2.52. The van der Waals surface area contributed by atoms with Crippen molar-refractivity contribution in [1.29, 1.82) is 0 Å². The summed E-state index contributed by atoms with van der Waals surface area (Å²) in [4.78, 5) is 0. The van der Waals surface area contributed by atoms with Crippen LogP contribution in [0.4, 0.5) is 0 Å².